The van der Waals surface area contributed by atoms with Gasteiger partial charge in [-0.3, -0.25) is 24.0 Å². The maximum Gasteiger partial charge on any atom is 0.326 e. The van der Waals surface area contributed by atoms with Gasteiger partial charge >= 0.3 is 5.97 Å². The van der Waals surface area contributed by atoms with Gasteiger partial charge in [0.15, 0.2) is 0 Å². The third-order valence-corrected chi connectivity index (χ3v) is 6.04. The molecular weight excluding hydrogens is 496 g/mol. The van der Waals surface area contributed by atoms with E-state index in [9.17, 15) is 33.9 Å². The topological polar surface area (TPSA) is 237 Å². The van der Waals surface area contributed by atoms with Crippen LogP contribution < -0.4 is 33.2 Å². The van der Waals surface area contributed by atoms with Crippen molar-refractivity contribution in [2.45, 2.75) is 76.5 Å². The van der Waals surface area contributed by atoms with Gasteiger partial charge in [-0.2, -0.15) is 0 Å². The van der Waals surface area contributed by atoms with Gasteiger partial charge in [0.1, 0.15) is 18.1 Å². The van der Waals surface area contributed by atoms with E-state index in [0.29, 0.717) is 12.0 Å². The first-order valence-electron chi connectivity index (χ1n) is 12.4. The average molecular weight is 535 g/mol. The van der Waals surface area contributed by atoms with Crippen LogP contribution in [0.25, 0.3) is 0 Å². The van der Waals surface area contributed by atoms with Crippen molar-refractivity contribution < 1.29 is 33.9 Å². The summed E-state index contributed by atoms with van der Waals surface area (Å²) in [7, 11) is 0. The summed E-state index contributed by atoms with van der Waals surface area (Å²) in [6.07, 6.45) is -0.0966. The van der Waals surface area contributed by atoms with Crippen molar-refractivity contribution in [1.82, 2.24) is 16.0 Å². The number of carboxylic acids is 1. The second-order valence-corrected chi connectivity index (χ2v) is 9.14. The number of carbonyl (C=O) groups excluding carboxylic acids is 5. The fourth-order valence-electron chi connectivity index (χ4n) is 3.53. The number of aliphatic carboxylic acids is 1. The zero-order valence-corrected chi connectivity index (χ0v) is 21.6. The van der Waals surface area contributed by atoms with Crippen LogP contribution in [-0.4, -0.2) is 64.8 Å². The summed E-state index contributed by atoms with van der Waals surface area (Å²) < 4.78 is 0. The Morgan fingerprint density at radius 2 is 1.34 bits per heavy atom. The van der Waals surface area contributed by atoms with E-state index in [0.717, 1.165) is 0 Å². The number of carbonyl (C=O) groups is 6. The largest absolute Gasteiger partial charge is 0.480 e. The van der Waals surface area contributed by atoms with Gasteiger partial charge in [-0.15, -0.1) is 0 Å². The van der Waals surface area contributed by atoms with Gasteiger partial charge in [0.05, 0.1) is 6.04 Å². The fourth-order valence-corrected chi connectivity index (χ4v) is 3.53. The zero-order valence-electron chi connectivity index (χ0n) is 21.6. The Bertz CT molecular complexity index is 988. The van der Waals surface area contributed by atoms with Crippen molar-refractivity contribution in [3.8, 4) is 0 Å². The number of nitrogens with two attached hydrogens (primary N) is 3. The lowest BCUT2D eigenvalue weighted by Crippen LogP contribution is -2.58. The maximum atomic E-state index is 13.3. The number of carboxylic acid groups (broad SMARTS) is 1. The van der Waals surface area contributed by atoms with E-state index >= 15 is 0 Å². The SMILES string of the molecule is CCC(C)C(NC(=O)C(CCC(N)=O)NC(=O)C(Cc1ccccc1)NC(=O)C(N)CCC(N)=O)C(=O)O. The third-order valence-electron chi connectivity index (χ3n) is 6.04. The molecule has 0 aromatic heterocycles. The molecule has 10 N–H and O–H groups in total. The van der Waals surface area contributed by atoms with Gasteiger partial charge in [-0.05, 0) is 24.3 Å². The van der Waals surface area contributed by atoms with E-state index in [-0.39, 0.29) is 32.1 Å². The van der Waals surface area contributed by atoms with Crippen LogP contribution >= 0.6 is 0 Å². The molecule has 0 spiro atoms. The van der Waals surface area contributed by atoms with Gasteiger partial charge in [0.25, 0.3) is 0 Å². The van der Waals surface area contributed by atoms with Crippen LogP contribution in [0.4, 0.5) is 0 Å². The van der Waals surface area contributed by atoms with Gasteiger partial charge in [-0.1, -0.05) is 50.6 Å². The predicted octanol–water partition coefficient (Wildman–Crippen LogP) is -1.33. The Kier molecular flexibility index (Phi) is 13.5. The van der Waals surface area contributed by atoms with E-state index in [4.69, 9.17) is 17.2 Å². The minimum absolute atomic E-state index is 0.0311. The van der Waals surface area contributed by atoms with Gasteiger partial charge in [-0.25, -0.2) is 4.79 Å². The molecule has 1 aromatic carbocycles. The van der Waals surface area contributed by atoms with Crippen molar-refractivity contribution in [3.05, 3.63) is 35.9 Å². The van der Waals surface area contributed by atoms with Crippen molar-refractivity contribution in [3.63, 3.8) is 0 Å². The Hall–Kier alpha value is -4.00. The number of nitrogens with one attached hydrogen (secondary N) is 3. The number of hydrogen-bond acceptors (Lipinski definition) is 7. The van der Waals surface area contributed by atoms with E-state index in [1.807, 2.05) is 0 Å². The molecule has 0 saturated heterocycles. The van der Waals surface area contributed by atoms with Crippen LogP contribution in [0.1, 0.15) is 51.5 Å². The lowest BCUT2D eigenvalue weighted by molar-refractivity contribution is -0.144. The summed E-state index contributed by atoms with van der Waals surface area (Å²) in [5.74, 6) is -5.28. The molecular formula is C25H38N6O7. The van der Waals surface area contributed by atoms with E-state index in [2.05, 4.69) is 16.0 Å². The molecule has 1 rings (SSSR count). The van der Waals surface area contributed by atoms with Crippen LogP contribution in [-0.2, 0) is 35.2 Å². The third kappa shape index (κ3) is 11.4. The summed E-state index contributed by atoms with van der Waals surface area (Å²) >= 11 is 0. The van der Waals surface area contributed by atoms with E-state index in [1.54, 1.807) is 44.2 Å². The first kappa shape index (κ1) is 32.0. The van der Waals surface area contributed by atoms with Gasteiger partial charge in [0.2, 0.25) is 29.5 Å². The minimum atomic E-state index is -1.31. The molecule has 0 bridgehead atoms. The number of amides is 5. The Morgan fingerprint density at radius 1 is 0.816 bits per heavy atom. The highest BCUT2D eigenvalue weighted by Crippen LogP contribution is 2.10. The van der Waals surface area contributed by atoms with Crippen molar-refractivity contribution >= 4 is 35.5 Å². The molecule has 5 amide bonds. The Labute approximate surface area is 221 Å². The van der Waals surface area contributed by atoms with Crippen LogP contribution in [0.3, 0.4) is 0 Å². The lowest BCUT2D eigenvalue weighted by atomic mass is 9.98. The molecule has 0 heterocycles. The second kappa shape index (κ2) is 16.0. The zero-order chi connectivity index (χ0) is 28.8. The quantitative estimate of drug-likeness (QED) is 0.126. The normalized spacial score (nSPS) is 14.7. The van der Waals surface area contributed by atoms with Crippen molar-refractivity contribution in [2.75, 3.05) is 0 Å². The smallest absolute Gasteiger partial charge is 0.326 e. The van der Waals surface area contributed by atoms with Crippen LogP contribution in [0.15, 0.2) is 30.3 Å². The molecule has 0 saturated carbocycles. The summed E-state index contributed by atoms with van der Waals surface area (Å²) in [4.78, 5) is 73.0. The monoisotopic (exact) mass is 534 g/mol. The molecule has 0 fully saturated rings. The molecule has 210 valence electrons. The maximum absolute atomic E-state index is 13.3. The molecule has 0 radical (unpaired) electrons. The van der Waals surface area contributed by atoms with Crippen molar-refractivity contribution in [2.24, 2.45) is 23.1 Å². The summed E-state index contributed by atoms with van der Waals surface area (Å²) in [6, 6.07) is 3.91. The van der Waals surface area contributed by atoms with E-state index in [1.165, 1.54) is 0 Å². The number of primary amides is 2. The van der Waals surface area contributed by atoms with Crippen LogP contribution in [0.5, 0.6) is 0 Å². The van der Waals surface area contributed by atoms with Crippen LogP contribution in [0.2, 0.25) is 0 Å². The van der Waals surface area contributed by atoms with Crippen LogP contribution in [0, 0.1) is 5.92 Å². The Balaban J connectivity index is 3.14. The first-order valence-corrected chi connectivity index (χ1v) is 12.4. The predicted molar refractivity (Wildman–Crippen MR) is 138 cm³/mol. The summed E-state index contributed by atoms with van der Waals surface area (Å²) in [5.41, 5.74) is 16.9. The standard InChI is InChI=1S/C25H38N6O7/c1-3-14(2)21(25(37)38)31-23(35)17(10-12-20(28)33)29-24(36)18(13-15-7-5-4-6-8-15)30-22(34)16(26)9-11-19(27)32/h4-8,14,16-18,21H,3,9-13,26H2,1-2H3,(H2,27,32)(H2,28,33)(H,29,36)(H,30,34)(H,31,35)(H,37,38). The summed E-state index contributed by atoms with van der Waals surface area (Å²) in [6.45, 7) is 3.42. The molecule has 5 atom stereocenters. The molecule has 0 aliphatic heterocycles. The highest BCUT2D eigenvalue weighted by Gasteiger charge is 2.32. The van der Waals surface area contributed by atoms with Crippen molar-refractivity contribution in [1.29, 1.82) is 0 Å². The molecule has 5 unspecified atom stereocenters. The second-order valence-electron chi connectivity index (χ2n) is 9.14. The molecule has 13 nitrogen and oxygen atoms in total. The minimum Gasteiger partial charge on any atom is -0.480 e. The van der Waals surface area contributed by atoms with Gasteiger partial charge < -0.3 is 38.3 Å². The molecule has 0 aliphatic rings. The summed E-state index contributed by atoms with van der Waals surface area (Å²) in [5, 5.41) is 17.0. The number of hydrogen-bond donors (Lipinski definition) is 7. The van der Waals surface area contributed by atoms with E-state index < -0.39 is 65.6 Å². The molecule has 1 aromatic rings. The molecule has 0 aliphatic carbocycles. The Morgan fingerprint density at radius 3 is 1.87 bits per heavy atom. The first-order chi connectivity index (χ1) is 17.8. The highest BCUT2D eigenvalue weighted by atomic mass is 16.4. The van der Waals surface area contributed by atoms with Gasteiger partial charge in [0, 0.05) is 19.3 Å². The molecule has 13 heteroatoms. The average Bonchev–Trinajstić information content (AvgIpc) is 2.87. The highest BCUT2D eigenvalue weighted by molar-refractivity contribution is 5.94. The number of rotatable bonds is 17. The lowest BCUT2D eigenvalue weighted by Gasteiger charge is -2.26. The molecule has 38 heavy (non-hydrogen) atoms. The fraction of sp³-hybridized carbons (Fsp3) is 0.520. The number of benzene rings is 1.